The van der Waals surface area contributed by atoms with Gasteiger partial charge in [-0.1, -0.05) is 23.2 Å². The molecule has 0 saturated carbocycles. The van der Waals surface area contributed by atoms with Crippen LogP contribution in [0.15, 0.2) is 18.2 Å². The van der Waals surface area contributed by atoms with Crippen LogP contribution in [0, 0.1) is 11.3 Å². The van der Waals surface area contributed by atoms with Crippen molar-refractivity contribution < 1.29 is 5.11 Å². The third-order valence-electron chi connectivity index (χ3n) is 1.37. The summed E-state index contributed by atoms with van der Waals surface area (Å²) in [6, 6.07) is 6.27. The monoisotopic (exact) mass is 201 g/mol. The topological polar surface area (TPSA) is 44.0 Å². The second-order valence-corrected chi connectivity index (χ2v) is 3.04. The smallest absolute Gasteiger partial charge is 0.167 e. The molecule has 0 aliphatic carbocycles. The molecule has 1 N–H and O–H groups in total. The van der Waals surface area contributed by atoms with Gasteiger partial charge in [-0.15, -0.1) is 0 Å². The zero-order valence-electron chi connectivity index (χ0n) is 5.96. The Morgan fingerprint density at radius 2 is 2.08 bits per heavy atom. The Balaban J connectivity index is 3.15. The Morgan fingerprint density at radius 1 is 1.42 bits per heavy atom. The minimum Gasteiger partial charge on any atom is -0.374 e. The highest BCUT2D eigenvalue weighted by atomic mass is 35.5. The first-order valence-electron chi connectivity index (χ1n) is 3.18. The molecule has 0 radical (unpaired) electrons. The molecule has 12 heavy (non-hydrogen) atoms. The van der Waals surface area contributed by atoms with Gasteiger partial charge in [-0.2, -0.15) is 5.26 Å². The minimum atomic E-state index is -1.21. The van der Waals surface area contributed by atoms with Crippen molar-refractivity contribution >= 4 is 23.2 Å². The van der Waals surface area contributed by atoms with Crippen LogP contribution in [-0.4, -0.2) is 5.11 Å². The van der Waals surface area contributed by atoms with E-state index >= 15 is 0 Å². The average molecular weight is 202 g/mol. The van der Waals surface area contributed by atoms with E-state index in [1.165, 1.54) is 6.07 Å². The van der Waals surface area contributed by atoms with Crippen molar-refractivity contribution in [3.05, 3.63) is 33.8 Å². The van der Waals surface area contributed by atoms with Crippen molar-refractivity contribution in [1.82, 2.24) is 0 Å². The molecule has 0 fully saturated rings. The number of benzene rings is 1. The van der Waals surface area contributed by atoms with Gasteiger partial charge in [0.2, 0.25) is 0 Å². The number of halogens is 2. The second-order valence-electron chi connectivity index (χ2n) is 2.20. The summed E-state index contributed by atoms with van der Waals surface area (Å²) in [6.45, 7) is 0. The zero-order valence-corrected chi connectivity index (χ0v) is 7.47. The molecule has 62 valence electrons. The molecule has 0 aliphatic heterocycles. The van der Waals surface area contributed by atoms with Gasteiger partial charge in [-0.3, -0.25) is 0 Å². The molecule has 4 heteroatoms. The molecule has 0 aliphatic rings. The van der Waals surface area contributed by atoms with Gasteiger partial charge in [0.1, 0.15) is 0 Å². The maximum absolute atomic E-state index is 9.13. The van der Waals surface area contributed by atoms with E-state index in [1.807, 2.05) is 0 Å². The average Bonchev–Trinajstić information content (AvgIpc) is 2.08. The number of hydrogen-bond donors (Lipinski definition) is 1. The van der Waals surface area contributed by atoms with Gasteiger partial charge in [-0.05, 0) is 18.2 Å². The van der Waals surface area contributed by atoms with Crippen molar-refractivity contribution in [3.63, 3.8) is 0 Å². The third kappa shape index (κ3) is 1.89. The summed E-state index contributed by atoms with van der Waals surface area (Å²) in [6.07, 6.45) is -1.21. The van der Waals surface area contributed by atoms with E-state index in [4.69, 9.17) is 33.6 Å². The van der Waals surface area contributed by atoms with Crippen molar-refractivity contribution in [3.8, 4) is 6.07 Å². The number of aliphatic hydroxyl groups excluding tert-OH is 1. The van der Waals surface area contributed by atoms with Crippen LogP contribution in [-0.2, 0) is 0 Å². The predicted octanol–water partition coefficient (Wildman–Crippen LogP) is 2.55. The number of aliphatic hydroxyl groups is 1. The van der Waals surface area contributed by atoms with Crippen LogP contribution >= 0.6 is 23.2 Å². The molecular weight excluding hydrogens is 197 g/mol. The molecule has 1 rings (SSSR count). The summed E-state index contributed by atoms with van der Waals surface area (Å²) < 4.78 is 0. The van der Waals surface area contributed by atoms with Gasteiger partial charge in [0, 0.05) is 15.6 Å². The first-order valence-corrected chi connectivity index (χ1v) is 3.93. The zero-order chi connectivity index (χ0) is 9.14. The summed E-state index contributed by atoms with van der Waals surface area (Å²) in [5, 5.41) is 18.3. The van der Waals surface area contributed by atoms with Crippen LogP contribution in [0.1, 0.15) is 11.7 Å². The van der Waals surface area contributed by atoms with E-state index in [0.717, 1.165) is 0 Å². The van der Waals surface area contributed by atoms with E-state index in [2.05, 4.69) is 0 Å². The Bertz CT molecular complexity index is 332. The molecular formula is C8H5Cl2NO. The highest BCUT2D eigenvalue weighted by molar-refractivity contribution is 6.33. The number of hydrogen-bond acceptors (Lipinski definition) is 2. The third-order valence-corrected chi connectivity index (χ3v) is 1.95. The van der Waals surface area contributed by atoms with E-state index in [1.54, 1.807) is 18.2 Å². The Kier molecular flexibility index (Phi) is 2.93. The predicted molar refractivity (Wildman–Crippen MR) is 47.0 cm³/mol. The minimum absolute atomic E-state index is 0.340. The highest BCUT2D eigenvalue weighted by Gasteiger charge is 2.10. The molecule has 0 bridgehead atoms. The van der Waals surface area contributed by atoms with Crippen molar-refractivity contribution in [2.75, 3.05) is 0 Å². The van der Waals surface area contributed by atoms with Gasteiger partial charge in [-0.25, -0.2) is 0 Å². The summed E-state index contributed by atoms with van der Waals surface area (Å²) >= 11 is 11.3. The van der Waals surface area contributed by atoms with E-state index in [0.29, 0.717) is 15.6 Å². The maximum atomic E-state index is 9.13. The van der Waals surface area contributed by atoms with E-state index in [9.17, 15) is 0 Å². The number of nitriles is 1. The van der Waals surface area contributed by atoms with E-state index < -0.39 is 6.10 Å². The first-order chi connectivity index (χ1) is 5.65. The van der Waals surface area contributed by atoms with Gasteiger partial charge in [0.05, 0.1) is 6.07 Å². The fraction of sp³-hybridized carbons (Fsp3) is 0.125. The van der Waals surface area contributed by atoms with Gasteiger partial charge in [0.25, 0.3) is 0 Å². The normalized spacial score (nSPS) is 12.2. The lowest BCUT2D eigenvalue weighted by Crippen LogP contribution is -1.93. The lowest BCUT2D eigenvalue weighted by molar-refractivity contribution is 0.236. The second kappa shape index (κ2) is 3.77. The molecule has 0 spiro atoms. The van der Waals surface area contributed by atoms with Crippen LogP contribution < -0.4 is 0 Å². The van der Waals surface area contributed by atoms with Crippen LogP contribution in [0.25, 0.3) is 0 Å². The molecule has 1 atom stereocenters. The highest BCUT2D eigenvalue weighted by Crippen LogP contribution is 2.25. The molecule has 1 aromatic rings. The van der Waals surface area contributed by atoms with Gasteiger partial charge in [0.15, 0.2) is 6.10 Å². The van der Waals surface area contributed by atoms with Crippen LogP contribution in [0.3, 0.4) is 0 Å². The quantitative estimate of drug-likeness (QED) is 0.711. The maximum Gasteiger partial charge on any atom is 0.167 e. The SMILES string of the molecule is N#CC(O)c1cc(Cl)ccc1Cl. The molecule has 2 nitrogen and oxygen atoms in total. The molecule has 0 amide bonds. The molecule has 0 heterocycles. The van der Waals surface area contributed by atoms with Crippen molar-refractivity contribution in [2.45, 2.75) is 6.10 Å². The standard InChI is InChI=1S/C8H5Cl2NO/c9-5-1-2-7(10)6(3-5)8(12)4-11/h1-3,8,12H. The molecule has 0 aromatic heterocycles. The van der Waals surface area contributed by atoms with Gasteiger partial charge >= 0.3 is 0 Å². The number of rotatable bonds is 1. The van der Waals surface area contributed by atoms with Crippen LogP contribution in [0.2, 0.25) is 10.0 Å². The summed E-state index contributed by atoms with van der Waals surface area (Å²) in [5.74, 6) is 0. The fourth-order valence-corrected chi connectivity index (χ4v) is 1.20. The molecule has 0 saturated heterocycles. The molecule has 1 aromatic carbocycles. The van der Waals surface area contributed by atoms with Crippen molar-refractivity contribution in [2.24, 2.45) is 0 Å². The lowest BCUT2D eigenvalue weighted by atomic mass is 10.1. The summed E-state index contributed by atoms with van der Waals surface area (Å²) in [7, 11) is 0. The number of nitrogens with zero attached hydrogens (tertiary/aromatic N) is 1. The Morgan fingerprint density at radius 3 is 2.67 bits per heavy atom. The largest absolute Gasteiger partial charge is 0.374 e. The Hall–Kier alpha value is -0.750. The van der Waals surface area contributed by atoms with E-state index in [-0.39, 0.29) is 0 Å². The van der Waals surface area contributed by atoms with Crippen molar-refractivity contribution in [1.29, 1.82) is 5.26 Å². The van der Waals surface area contributed by atoms with Crippen LogP contribution in [0.5, 0.6) is 0 Å². The Labute approximate surface area is 80.0 Å². The summed E-state index contributed by atoms with van der Waals surface area (Å²) in [5.41, 5.74) is 0.340. The summed E-state index contributed by atoms with van der Waals surface area (Å²) in [4.78, 5) is 0. The fourth-order valence-electron chi connectivity index (χ4n) is 0.794. The van der Waals surface area contributed by atoms with Crippen LogP contribution in [0.4, 0.5) is 0 Å². The lowest BCUT2D eigenvalue weighted by Gasteiger charge is -2.04. The molecule has 1 unspecified atom stereocenters. The first kappa shape index (κ1) is 9.34. The van der Waals surface area contributed by atoms with Gasteiger partial charge < -0.3 is 5.11 Å².